The second-order valence-corrected chi connectivity index (χ2v) is 8.23. The Morgan fingerprint density at radius 2 is 0.871 bits per heavy atom. The Labute approximate surface area is 174 Å². The van der Waals surface area contributed by atoms with Crippen LogP contribution in [0.1, 0.15) is 49.9 Å². The van der Waals surface area contributed by atoms with Gasteiger partial charge in [-0.1, -0.05) is 26.0 Å². The first kappa shape index (κ1) is 24.8. The van der Waals surface area contributed by atoms with Crippen molar-refractivity contribution in [1.82, 2.24) is 0 Å². The molecule has 4 N–H and O–H groups in total. The maximum atomic E-state index is 13.3. The van der Waals surface area contributed by atoms with Gasteiger partial charge < -0.3 is 20.4 Å². The van der Waals surface area contributed by atoms with Crippen molar-refractivity contribution in [2.75, 3.05) is 0 Å². The number of halogens is 6. The fraction of sp³-hybridized carbons (Fsp3) is 0.429. The molecule has 0 saturated carbocycles. The van der Waals surface area contributed by atoms with E-state index >= 15 is 0 Å². The van der Waals surface area contributed by atoms with Gasteiger partial charge in [0, 0.05) is 16.5 Å². The molecule has 0 fully saturated rings. The molecule has 0 aliphatic rings. The Hall–Kier alpha value is -2.46. The van der Waals surface area contributed by atoms with Crippen LogP contribution in [0.2, 0.25) is 0 Å². The average Bonchev–Trinajstić information content (AvgIpc) is 2.59. The summed E-state index contributed by atoms with van der Waals surface area (Å²) in [7, 11) is 0. The number of aromatic hydroxyl groups is 2. The number of rotatable bonds is 4. The van der Waals surface area contributed by atoms with E-state index in [0.29, 0.717) is 13.8 Å². The summed E-state index contributed by atoms with van der Waals surface area (Å²) in [6.45, 7) is 3.92. The van der Waals surface area contributed by atoms with Gasteiger partial charge in [0.05, 0.1) is 0 Å². The first-order valence-corrected chi connectivity index (χ1v) is 9.00. The molecule has 31 heavy (non-hydrogen) atoms. The molecule has 0 spiro atoms. The van der Waals surface area contributed by atoms with E-state index in [2.05, 4.69) is 0 Å². The van der Waals surface area contributed by atoms with Crippen LogP contribution in [-0.2, 0) is 16.6 Å². The van der Waals surface area contributed by atoms with Gasteiger partial charge in [-0.25, -0.2) is 0 Å². The van der Waals surface area contributed by atoms with Gasteiger partial charge in [0.25, 0.3) is 0 Å². The summed E-state index contributed by atoms with van der Waals surface area (Å²) in [6, 6.07) is 6.24. The zero-order chi connectivity index (χ0) is 24.2. The molecule has 0 bridgehead atoms. The molecule has 0 heterocycles. The zero-order valence-corrected chi connectivity index (χ0v) is 17.0. The largest absolute Gasteiger partial charge is 0.508 e. The van der Waals surface area contributed by atoms with Gasteiger partial charge in [-0.3, -0.25) is 0 Å². The third-order valence-electron chi connectivity index (χ3n) is 5.59. The average molecular weight is 452 g/mol. The normalized spacial score (nSPS) is 17.2. The van der Waals surface area contributed by atoms with Gasteiger partial charge in [-0.15, -0.1) is 0 Å². The van der Waals surface area contributed by atoms with Gasteiger partial charge in [0.2, 0.25) is 0 Å². The highest BCUT2D eigenvalue weighted by Crippen LogP contribution is 2.46. The monoisotopic (exact) mass is 452 g/mol. The van der Waals surface area contributed by atoms with Gasteiger partial charge in [0.15, 0.2) is 11.2 Å². The second kappa shape index (κ2) is 7.30. The van der Waals surface area contributed by atoms with Crippen molar-refractivity contribution < 1.29 is 46.8 Å². The van der Waals surface area contributed by atoms with E-state index in [1.165, 1.54) is 26.0 Å². The lowest BCUT2D eigenvalue weighted by molar-refractivity contribution is -0.259. The molecule has 0 saturated heterocycles. The molecule has 0 aromatic heterocycles. The van der Waals surface area contributed by atoms with Crippen LogP contribution >= 0.6 is 0 Å². The van der Waals surface area contributed by atoms with Crippen molar-refractivity contribution in [1.29, 1.82) is 0 Å². The van der Waals surface area contributed by atoms with E-state index < -0.39 is 51.6 Å². The third-order valence-corrected chi connectivity index (χ3v) is 5.59. The van der Waals surface area contributed by atoms with Crippen LogP contribution in [0.25, 0.3) is 0 Å². The first-order valence-electron chi connectivity index (χ1n) is 9.00. The van der Waals surface area contributed by atoms with E-state index in [-0.39, 0.29) is 11.1 Å². The van der Waals surface area contributed by atoms with Crippen molar-refractivity contribution in [3.63, 3.8) is 0 Å². The molecule has 0 radical (unpaired) electrons. The van der Waals surface area contributed by atoms with Gasteiger partial charge in [-0.2, -0.15) is 26.3 Å². The summed E-state index contributed by atoms with van der Waals surface area (Å²) in [5.41, 5.74) is -9.40. The molecule has 2 unspecified atom stereocenters. The number of alkyl halides is 6. The van der Waals surface area contributed by atoms with Crippen molar-refractivity contribution in [3.05, 3.63) is 58.7 Å². The minimum atomic E-state index is -5.11. The SMILES string of the molecule is CC(C)(c1ccc(O)c(C(C)(O)C(F)(F)F)c1)c1ccc(O)c(C(C)(O)C(F)(F)F)c1. The van der Waals surface area contributed by atoms with Crippen LogP contribution in [0.15, 0.2) is 36.4 Å². The standard InChI is InChI=1S/C21H22F6O4/c1-17(2,11-5-7-15(28)13(9-11)18(3,30)20(22,23)24)12-6-8-16(29)14(10-12)19(4,31)21(25,26)27/h5-10,28-31H,1-4H3. The van der Waals surface area contributed by atoms with Crippen molar-refractivity contribution in [3.8, 4) is 11.5 Å². The Kier molecular flexibility index (Phi) is 5.84. The van der Waals surface area contributed by atoms with E-state index in [0.717, 1.165) is 24.3 Å². The minimum absolute atomic E-state index is 0.133. The quantitative estimate of drug-likeness (QED) is 0.495. The van der Waals surface area contributed by atoms with Gasteiger partial charge >= 0.3 is 12.4 Å². The summed E-state index contributed by atoms with van der Waals surface area (Å²) in [6.07, 6.45) is -10.2. The fourth-order valence-electron chi connectivity index (χ4n) is 3.10. The highest BCUT2D eigenvalue weighted by atomic mass is 19.4. The Morgan fingerprint density at radius 1 is 0.581 bits per heavy atom. The number of phenolic OH excluding ortho intramolecular Hbond substituents is 2. The smallest absolute Gasteiger partial charge is 0.421 e. The molecule has 0 amide bonds. The molecular formula is C21H22F6O4. The number of phenols is 2. The van der Waals surface area contributed by atoms with E-state index in [1.54, 1.807) is 0 Å². The van der Waals surface area contributed by atoms with E-state index in [1.807, 2.05) is 0 Å². The molecule has 4 nitrogen and oxygen atoms in total. The Morgan fingerprint density at radius 3 is 1.13 bits per heavy atom. The molecule has 2 atom stereocenters. The molecule has 2 rings (SSSR count). The van der Waals surface area contributed by atoms with Crippen LogP contribution in [-0.4, -0.2) is 32.8 Å². The Balaban J connectivity index is 2.67. The fourth-order valence-corrected chi connectivity index (χ4v) is 3.10. The first-order chi connectivity index (χ1) is 13.7. The number of aliphatic hydroxyl groups is 2. The van der Waals surface area contributed by atoms with Gasteiger partial charge in [0.1, 0.15) is 11.5 Å². The molecule has 172 valence electrons. The highest BCUT2D eigenvalue weighted by Gasteiger charge is 2.54. The lowest BCUT2D eigenvalue weighted by Crippen LogP contribution is -2.40. The number of hydrogen-bond donors (Lipinski definition) is 4. The lowest BCUT2D eigenvalue weighted by atomic mass is 9.75. The van der Waals surface area contributed by atoms with Crippen molar-refractivity contribution >= 4 is 0 Å². The van der Waals surface area contributed by atoms with E-state index in [9.17, 15) is 46.8 Å². The minimum Gasteiger partial charge on any atom is -0.508 e. The zero-order valence-electron chi connectivity index (χ0n) is 17.0. The van der Waals surface area contributed by atoms with Crippen molar-refractivity contribution in [2.45, 2.75) is 56.7 Å². The molecule has 0 aliphatic heterocycles. The van der Waals surface area contributed by atoms with Crippen molar-refractivity contribution in [2.24, 2.45) is 0 Å². The lowest BCUT2D eigenvalue weighted by Gasteiger charge is -2.33. The summed E-state index contributed by atoms with van der Waals surface area (Å²) in [4.78, 5) is 0. The van der Waals surface area contributed by atoms with Crippen LogP contribution in [0, 0.1) is 0 Å². The van der Waals surface area contributed by atoms with Crippen LogP contribution in [0.5, 0.6) is 11.5 Å². The van der Waals surface area contributed by atoms with Crippen LogP contribution in [0.3, 0.4) is 0 Å². The molecule has 2 aromatic rings. The summed E-state index contributed by atoms with van der Waals surface area (Å²) in [5, 5.41) is 39.7. The molecular weight excluding hydrogens is 430 g/mol. The number of hydrogen-bond acceptors (Lipinski definition) is 4. The highest BCUT2D eigenvalue weighted by molar-refractivity contribution is 5.49. The van der Waals surface area contributed by atoms with E-state index in [4.69, 9.17) is 0 Å². The van der Waals surface area contributed by atoms with Crippen LogP contribution < -0.4 is 0 Å². The third kappa shape index (κ3) is 4.18. The maximum absolute atomic E-state index is 13.3. The topological polar surface area (TPSA) is 80.9 Å². The van der Waals surface area contributed by atoms with Gasteiger partial charge in [-0.05, 0) is 49.2 Å². The van der Waals surface area contributed by atoms with Crippen LogP contribution in [0.4, 0.5) is 26.3 Å². The number of benzene rings is 2. The predicted octanol–water partition coefficient (Wildman–Crippen LogP) is 4.96. The predicted molar refractivity (Wildman–Crippen MR) is 99.6 cm³/mol. The molecule has 0 aliphatic carbocycles. The maximum Gasteiger partial charge on any atom is 0.421 e. The summed E-state index contributed by atoms with van der Waals surface area (Å²) in [5.74, 6) is -1.62. The Bertz CT molecular complexity index is 897. The summed E-state index contributed by atoms with van der Waals surface area (Å²) < 4.78 is 79.6. The second-order valence-electron chi connectivity index (χ2n) is 8.23. The molecule has 2 aromatic carbocycles. The molecule has 10 heteroatoms. The summed E-state index contributed by atoms with van der Waals surface area (Å²) >= 11 is 0.